The molecule has 0 aromatic heterocycles. The molecular weight excluding hydrogens is 325 g/mol. The Balaban J connectivity index is 0.00000121. The predicted molar refractivity (Wildman–Crippen MR) is 92.0 cm³/mol. The molecule has 7 heteroatoms. The van der Waals surface area contributed by atoms with Gasteiger partial charge in [-0.2, -0.15) is 0 Å². The minimum Gasteiger partial charge on any atom is -0.379 e. The average Bonchev–Trinajstić information content (AvgIpc) is 2.85. The van der Waals surface area contributed by atoms with Crippen molar-refractivity contribution in [1.29, 1.82) is 0 Å². The predicted octanol–water partition coefficient (Wildman–Crippen LogP) is 1.01. The van der Waals surface area contributed by atoms with Crippen LogP contribution in [0.2, 0.25) is 0 Å². The first kappa shape index (κ1) is 20.0. The molecule has 0 bridgehead atoms. The maximum absolute atomic E-state index is 12.7. The van der Waals surface area contributed by atoms with Crippen molar-refractivity contribution in [3.8, 4) is 0 Å². The molecule has 3 aliphatic rings. The fourth-order valence-corrected chi connectivity index (χ4v) is 3.82. The van der Waals surface area contributed by atoms with E-state index in [4.69, 9.17) is 4.74 Å². The fraction of sp³-hybridized carbons (Fsp3) is 0.933. The van der Waals surface area contributed by atoms with Crippen LogP contribution >= 0.6 is 24.8 Å². The van der Waals surface area contributed by atoms with Crippen LogP contribution in [0.3, 0.4) is 0 Å². The van der Waals surface area contributed by atoms with Crippen molar-refractivity contribution in [3.05, 3.63) is 0 Å². The van der Waals surface area contributed by atoms with E-state index >= 15 is 0 Å². The Hall–Kier alpha value is -0.0700. The third-order valence-electron chi connectivity index (χ3n) is 5.28. The van der Waals surface area contributed by atoms with Gasteiger partial charge in [-0.25, -0.2) is 0 Å². The lowest BCUT2D eigenvalue weighted by Crippen LogP contribution is -2.51. The van der Waals surface area contributed by atoms with Crippen LogP contribution in [0.15, 0.2) is 0 Å². The molecule has 1 N–H and O–H groups in total. The van der Waals surface area contributed by atoms with E-state index in [1.807, 2.05) is 0 Å². The highest BCUT2D eigenvalue weighted by Crippen LogP contribution is 2.27. The number of nitrogens with one attached hydrogen (secondary N) is 1. The van der Waals surface area contributed by atoms with E-state index in [0.29, 0.717) is 5.91 Å². The first-order valence-corrected chi connectivity index (χ1v) is 8.07. The zero-order chi connectivity index (χ0) is 13.9. The van der Waals surface area contributed by atoms with E-state index in [9.17, 15) is 4.79 Å². The van der Waals surface area contributed by atoms with Crippen molar-refractivity contribution in [2.45, 2.75) is 25.8 Å². The number of fused-ring (bicyclic) bond motifs is 1. The number of hydrogen-bond acceptors (Lipinski definition) is 4. The third-order valence-corrected chi connectivity index (χ3v) is 5.28. The molecule has 0 aliphatic carbocycles. The van der Waals surface area contributed by atoms with Gasteiger partial charge in [-0.15, -0.1) is 24.8 Å². The van der Waals surface area contributed by atoms with E-state index in [0.717, 1.165) is 64.3 Å². The smallest absolute Gasteiger partial charge is 0.239 e. The van der Waals surface area contributed by atoms with E-state index in [-0.39, 0.29) is 30.9 Å². The number of likely N-dealkylation sites (tertiary alicyclic amines) is 1. The number of amides is 1. The van der Waals surface area contributed by atoms with Crippen LogP contribution in [0.4, 0.5) is 0 Å². The van der Waals surface area contributed by atoms with Gasteiger partial charge < -0.3 is 15.0 Å². The van der Waals surface area contributed by atoms with Gasteiger partial charge in [0.15, 0.2) is 0 Å². The summed E-state index contributed by atoms with van der Waals surface area (Å²) in [6.07, 6.45) is 2.33. The van der Waals surface area contributed by atoms with Crippen molar-refractivity contribution in [2.24, 2.45) is 11.8 Å². The van der Waals surface area contributed by atoms with Gasteiger partial charge in [-0.05, 0) is 44.7 Å². The summed E-state index contributed by atoms with van der Waals surface area (Å²) < 4.78 is 5.37. The summed E-state index contributed by atoms with van der Waals surface area (Å²) in [5.41, 5.74) is 0. The maximum Gasteiger partial charge on any atom is 0.239 e. The maximum atomic E-state index is 12.7. The van der Waals surface area contributed by atoms with Crippen molar-refractivity contribution < 1.29 is 9.53 Å². The Morgan fingerprint density at radius 1 is 1.05 bits per heavy atom. The number of carbonyl (C=O) groups is 1. The number of halogens is 2. The van der Waals surface area contributed by atoms with E-state index in [2.05, 4.69) is 22.0 Å². The van der Waals surface area contributed by atoms with E-state index in [1.54, 1.807) is 0 Å². The molecular formula is C15H29Cl2N3O2. The molecule has 0 aromatic carbocycles. The monoisotopic (exact) mass is 353 g/mol. The lowest BCUT2D eigenvalue weighted by Gasteiger charge is -2.34. The normalized spacial score (nSPS) is 30.5. The van der Waals surface area contributed by atoms with Crippen LogP contribution in [0.5, 0.6) is 0 Å². The van der Waals surface area contributed by atoms with E-state index < -0.39 is 0 Å². The molecule has 0 saturated carbocycles. The first-order valence-electron chi connectivity index (χ1n) is 8.07. The second-order valence-electron chi connectivity index (χ2n) is 6.41. The summed E-state index contributed by atoms with van der Waals surface area (Å²) in [5.74, 6) is 1.89. The minimum absolute atomic E-state index is 0. The summed E-state index contributed by atoms with van der Waals surface area (Å²) in [6.45, 7) is 9.51. The molecule has 3 saturated heterocycles. The molecule has 3 aliphatic heterocycles. The number of hydrogen-bond donors (Lipinski definition) is 1. The topological polar surface area (TPSA) is 44.8 Å². The molecule has 1 amide bonds. The Morgan fingerprint density at radius 3 is 2.14 bits per heavy atom. The molecule has 130 valence electrons. The average molecular weight is 354 g/mol. The van der Waals surface area contributed by atoms with Crippen molar-refractivity contribution >= 4 is 30.7 Å². The van der Waals surface area contributed by atoms with Gasteiger partial charge in [0.2, 0.25) is 5.91 Å². The van der Waals surface area contributed by atoms with Crippen LogP contribution in [0.1, 0.15) is 19.8 Å². The zero-order valence-corrected chi connectivity index (χ0v) is 15.0. The second kappa shape index (κ2) is 9.28. The number of morpholine rings is 1. The van der Waals surface area contributed by atoms with Gasteiger partial charge in [-0.3, -0.25) is 9.69 Å². The lowest BCUT2D eigenvalue weighted by molar-refractivity contribution is -0.138. The second-order valence-corrected chi connectivity index (χ2v) is 6.41. The summed E-state index contributed by atoms with van der Waals surface area (Å²) in [5, 5.41) is 3.49. The third kappa shape index (κ3) is 4.48. The van der Waals surface area contributed by atoms with Crippen molar-refractivity contribution in [3.63, 3.8) is 0 Å². The fourth-order valence-electron chi connectivity index (χ4n) is 3.82. The van der Waals surface area contributed by atoms with Gasteiger partial charge >= 0.3 is 0 Å². The highest BCUT2D eigenvalue weighted by molar-refractivity contribution is 5.85. The van der Waals surface area contributed by atoms with Crippen LogP contribution in [0, 0.1) is 11.8 Å². The van der Waals surface area contributed by atoms with Crippen LogP contribution in [0.25, 0.3) is 0 Å². The number of nitrogens with zero attached hydrogens (tertiary/aromatic N) is 2. The van der Waals surface area contributed by atoms with Gasteiger partial charge in [0, 0.05) is 26.2 Å². The zero-order valence-electron chi connectivity index (χ0n) is 13.3. The molecule has 3 fully saturated rings. The SMILES string of the molecule is CC(C(=O)N1CC[C@@H]2CNC[C@@H]2CC1)N1CCOCC1.Cl.Cl. The molecule has 3 heterocycles. The van der Waals surface area contributed by atoms with Crippen molar-refractivity contribution in [1.82, 2.24) is 15.1 Å². The lowest BCUT2D eigenvalue weighted by atomic mass is 9.92. The van der Waals surface area contributed by atoms with Gasteiger partial charge in [0.1, 0.15) is 0 Å². The molecule has 22 heavy (non-hydrogen) atoms. The molecule has 0 aromatic rings. The molecule has 0 spiro atoms. The Morgan fingerprint density at radius 2 is 1.59 bits per heavy atom. The molecule has 3 atom stereocenters. The Kier molecular flexibility index (Phi) is 8.43. The Bertz CT molecular complexity index is 340. The summed E-state index contributed by atoms with van der Waals surface area (Å²) in [6, 6.07) is 0.00923. The van der Waals surface area contributed by atoms with Crippen LogP contribution < -0.4 is 5.32 Å². The van der Waals surface area contributed by atoms with Gasteiger partial charge in [0.25, 0.3) is 0 Å². The van der Waals surface area contributed by atoms with Crippen LogP contribution in [-0.2, 0) is 9.53 Å². The van der Waals surface area contributed by atoms with E-state index in [1.165, 1.54) is 12.8 Å². The number of carbonyl (C=O) groups excluding carboxylic acids is 1. The largest absolute Gasteiger partial charge is 0.379 e. The summed E-state index contributed by atoms with van der Waals surface area (Å²) in [4.78, 5) is 17.1. The minimum atomic E-state index is 0. The van der Waals surface area contributed by atoms with Crippen LogP contribution in [-0.4, -0.2) is 74.2 Å². The quantitative estimate of drug-likeness (QED) is 0.804. The summed E-state index contributed by atoms with van der Waals surface area (Å²) in [7, 11) is 0. The number of rotatable bonds is 2. The summed E-state index contributed by atoms with van der Waals surface area (Å²) >= 11 is 0. The molecule has 3 rings (SSSR count). The van der Waals surface area contributed by atoms with Gasteiger partial charge in [0.05, 0.1) is 19.3 Å². The molecule has 5 nitrogen and oxygen atoms in total. The highest BCUT2D eigenvalue weighted by atomic mass is 35.5. The number of ether oxygens (including phenoxy) is 1. The van der Waals surface area contributed by atoms with Crippen molar-refractivity contribution in [2.75, 3.05) is 52.5 Å². The van der Waals surface area contributed by atoms with Gasteiger partial charge in [-0.1, -0.05) is 0 Å². The highest BCUT2D eigenvalue weighted by Gasteiger charge is 2.33. The Labute approximate surface area is 145 Å². The molecule has 0 radical (unpaired) electrons. The molecule has 1 unspecified atom stereocenters. The first-order chi connectivity index (χ1) is 9.75. The standard InChI is InChI=1S/C15H27N3O2.2ClH/c1-12(17-6-8-20-9-7-17)15(19)18-4-2-13-10-16-11-14(13)3-5-18;;/h12-14,16H,2-11H2,1H3;2*1H/t12?,13-,14+;;.